The molecular formula is C14H12. The van der Waals surface area contributed by atoms with E-state index in [0.29, 0.717) is 0 Å². The standard InChI is InChI=1S/C14H12/c1-3-7-13(8-4-1)11-12-14-9-5-2-6-10-14/h1-9,11H,10H2. The van der Waals surface area contributed by atoms with E-state index in [0.717, 1.165) is 6.42 Å². The van der Waals surface area contributed by atoms with E-state index in [1.165, 1.54) is 11.1 Å². The van der Waals surface area contributed by atoms with E-state index < -0.39 is 0 Å². The summed E-state index contributed by atoms with van der Waals surface area (Å²) >= 11 is 0. The van der Waals surface area contributed by atoms with E-state index in [1.807, 2.05) is 30.4 Å². The third kappa shape index (κ3) is 2.35. The van der Waals surface area contributed by atoms with Crippen LogP contribution >= 0.6 is 0 Å². The van der Waals surface area contributed by atoms with E-state index in [-0.39, 0.29) is 0 Å². The van der Waals surface area contributed by atoms with Crippen molar-refractivity contribution in [2.45, 2.75) is 6.42 Å². The van der Waals surface area contributed by atoms with Gasteiger partial charge in [0.1, 0.15) is 0 Å². The molecule has 1 aromatic rings. The first-order valence-corrected chi connectivity index (χ1v) is 4.79. The fourth-order valence-corrected chi connectivity index (χ4v) is 1.35. The van der Waals surface area contributed by atoms with Crippen LogP contribution in [0.2, 0.25) is 0 Å². The van der Waals surface area contributed by atoms with Crippen LogP contribution in [0.5, 0.6) is 0 Å². The Labute approximate surface area is 84.6 Å². The highest BCUT2D eigenvalue weighted by molar-refractivity contribution is 5.50. The molecule has 2 rings (SSSR count). The SMILES string of the molecule is C(=Cc1ccccc1)=C1C=CC=CC1. The summed E-state index contributed by atoms with van der Waals surface area (Å²) < 4.78 is 0. The Balaban J connectivity index is 2.21. The van der Waals surface area contributed by atoms with Crippen LogP contribution in [0.1, 0.15) is 12.0 Å². The second kappa shape index (κ2) is 4.45. The summed E-state index contributed by atoms with van der Waals surface area (Å²) in [6.07, 6.45) is 11.4. The zero-order valence-corrected chi connectivity index (χ0v) is 7.98. The fourth-order valence-electron chi connectivity index (χ4n) is 1.35. The topological polar surface area (TPSA) is 0 Å². The van der Waals surface area contributed by atoms with Crippen molar-refractivity contribution in [3.8, 4) is 0 Å². The molecule has 68 valence electrons. The maximum atomic E-state index is 3.29. The molecule has 0 amide bonds. The van der Waals surface area contributed by atoms with E-state index >= 15 is 0 Å². The number of hydrogen-bond donors (Lipinski definition) is 0. The largest absolute Gasteiger partial charge is 0.116 e. The van der Waals surface area contributed by atoms with Crippen molar-refractivity contribution in [2.75, 3.05) is 0 Å². The highest BCUT2D eigenvalue weighted by Gasteiger charge is 1.90. The molecule has 0 atom stereocenters. The molecule has 1 aromatic carbocycles. The van der Waals surface area contributed by atoms with Crippen LogP contribution in [0.15, 0.2) is 65.9 Å². The number of hydrogen-bond acceptors (Lipinski definition) is 0. The number of allylic oxidation sites excluding steroid dienone is 5. The zero-order chi connectivity index (χ0) is 9.64. The number of benzene rings is 1. The maximum absolute atomic E-state index is 3.29. The zero-order valence-electron chi connectivity index (χ0n) is 7.98. The van der Waals surface area contributed by atoms with Crippen LogP contribution in [-0.4, -0.2) is 0 Å². The molecule has 0 N–H and O–H groups in total. The van der Waals surface area contributed by atoms with Crippen LogP contribution < -0.4 is 0 Å². The van der Waals surface area contributed by atoms with Gasteiger partial charge in [-0.2, -0.15) is 0 Å². The van der Waals surface area contributed by atoms with Gasteiger partial charge in [0.15, 0.2) is 0 Å². The van der Waals surface area contributed by atoms with Crippen molar-refractivity contribution in [3.63, 3.8) is 0 Å². The summed E-state index contributed by atoms with van der Waals surface area (Å²) in [6, 6.07) is 10.3. The van der Waals surface area contributed by atoms with Crippen LogP contribution in [0.3, 0.4) is 0 Å². The Bertz CT molecular complexity index is 413. The fraction of sp³-hybridized carbons (Fsp3) is 0.0714. The van der Waals surface area contributed by atoms with E-state index in [9.17, 15) is 0 Å². The second-order valence-electron chi connectivity index (χ2n) is 3.22. The summed E-state index contributed by atoms with van der Waals surface area (Å²) in [4.78, 5) is 0. The van der Waals surface area contributed by atoms with Crippen molar-refractivity contribution in [2.24, 2.45) is 0 Å². The predicted molar refractivity (Wildman–Crippen MR) is 60.8 cm³/mol. The van der Waals surface area contributed by atoms with E-state index in [1.54, 1.807) is 0 Å². The van der Waals surface area contributed by atoms with E-state index in [4.69, 9.17) is 0 Å². The van der Waals surface area contributed by atoms with Crippen molar-refractivity contribution >= 4 is 6.08 Å². The maximum Gasteiger partial charge on any atom is -0.00206 e. The molecule has 0 fully saturated rings. The molecule has 0 bridgehead atoms. The molecule has 0 aromatic heterocycles. The molecule has 0 unspecified atom stereocenters. The lowest BCUT2D eigenvalue weighted by Gasteiger charge is -1.96. The number of rotatable bonds is 1. The van der Waals surface area contributed by atoms with Gasteiger partial charge in [0.05, 0.1) is 0 Å². The molecule has 14 heavy (non-hydrogen) atoms. The first kappa shape index (κ1) is 8.80. The summed E-state index contributed by atoms with van der Waals surface area (Å²) in [5, 5.41) is 0. The van der Waals surface area contributed by atoms with Gasteiger partial charge in [0.25, 0.3) is 0 Å². The van der Waals surface area contributed by atoms with Crippen LogP contribution in [0.25, 0.3) is 6.08 Å². The Morgan fingerprint density at radius 1 is 1.07 bits per heavy atom. The summed E-state index contributed by atoms with van der Waals surface area (Å²) in [6.45, 7) is 0. The highest BCUT2D eigenvalue weighted by Crippen LogP contribution is 2.09. The van der Waals surface area contributed by atoms with Gasteiger partial charge in [-0.15, -0.1) is 5.73 Å². The molecule has 0 aliphatic heterocycles. The lowest BCUT2D eigenvalue weighted by Crippen LogP contribution is -1.77. The van der Waals surface area contributed by atoms with Crippen molar-refractivity contribution in [3.05, 3.63) is 71.5 Å². The minimum atomic E-state index is 0.986. The summed E-state index contributed by atoms with van der Waals surface area (Å²) in [5.74, 6) is 0. The van der Waals surface area contributed by atoms with Gasteiger partial charge in [-0.3, -0.25) is 0 Å². The molecule has 0 spiro atoms. The van der Waals surface area contributed by atoms with Crippen molar-refractivity contribution in [1.29, 1.82) is 0 Å². The molecule has 0 heterocycles. The van der Waals surface area contributed by atoms with Crippen molar-refractivity contribution < 1.29 is 0 Å². The van der Waals surface area contributed by atoms with Gasteiger partial charge in [-0.25, -0.2) is 0 Å². The van der Waals surface area contributed by atoms with Gasteiger partial charge in [0, 0.05) is 0 Å². The Hall–Kier alpha value is -1.78. The normalized spacial score (nSPS) is 13.9. The molecule has 0 saturated carbocycles. The Morgan fingerprint density at radius 2 is 1.93 bits per heavy atom. The van der Waals surface area contributed by atoms with Gasteiger partial charge in [-0.05, 0) is 23.6 Å². The van der Waals surface area contributed by atoms with Gasteiger partial charge < -0.3 is 0 Å². The highest BCUT2D eigenvalue weighted by atomic mass is 13.9. The summed E-state index contributed by atoms with van der Waals surface area (Å²) in [5.41, 5.74) is 5.72. The molecule has 0 heteroatoms. The molecule has 1 aliphatic rings. The second-order valence-corrected chi connectivity index (χ2v) is 3.22. The molecule has 0 radical (unpaired) electrons. The molecule has 0 nitrogen and oxygen atoms in total. The smallest absolute Gasteiger partial charge is 0.00206 e. The Kier molecular flexibility index (Phi) is 2.80. The van der Waals surface area contributed by atoms with Crippen LogP contribution in [0, 0.1) is 0 Å². The monoisotopic (exact) mass is 180 g/mol. The van der Waals surface area contributed by atoms with Crippen LogP contribution in [-0.2, 0) is 0 Å². The molecule has 0 saturated heterocycles. The molecular weight excluding hydrogens is 168 g/mol. The lowest BCUT2D eigenvalue weighted by atomic mass is 10.1. The predicted octanol–water partition coefficient (Wildman–Crippen LogP) is 3.74. The lowest BCUT2D eigenvalue weighted by molar-refractivity contribution is 1.27. The third-order valence-electron chi connectivity index (χ3n) is 2.11. The average molecular weight is 180 g/mol. The Morgan fingerprint density at radius 3 is 2.64 bits per heavy atom. The molecule has 1 aliphatic carbocycles. The average Bonchev–Trinajstić information content (AvgIpc) is 2.29. The minimum Gasteiger partial charge on any atom is -0.116 e. The minimum absolute atomic E-state index is 0.986. The first-order valence-electron chi connectivity index (χ1n) is 4.79. The van der Waals surface area contributed by atoms with Crippen LogP contribution in [0.4, 0.5) is 0 Å². The van der Waals surface area contributed by atoms with Gasteiger partial charge in [0.2, 0.25) is 0 Å². The first-order chi connectivity index (χ1) is 6.95. The summed E-state index contributed by atoms with van der Waals surface area (Å²) in [7, 11) is 0. The van der Waals surface area contributed by atoms with Gasteiger partial charge >= 0.3 is 0 Å². The van der Waals surface area contributed by atoms with E-state index in [2.05, 4.69) is 36.1 Å². The third-order valence-corrected chi connectivity index (χ3v) is 2.11. The van der Waals surface area contributed by atoms with Gasteiger partial charge in [-0.1, -0.05) is 54.6 Å². The van der Waals surface area contributed by atoms with Crippen molar-refractivity contribution in [1.82, 2.24) is 0 Å². The quantitative estimate of drug-likeness (QED) is 0.577.